The lowest BCUT2D eigenvalue weighted by Gasteiger charge is -2.20. The van der Waals surface area contributed by atoms with Crippen LogP contribution in [0.2, 0.25) is 0 Å². The van der Waals surface area contributed by atoms with Crippen LogP contribution in [0.1, 0.15) is 71.6 Å². The van der Waals surface area contributed by atoms with Crippen molar-refractivity contribution in [3.8, 4) is 0 Å². The summed E-state index contributed by atoms with van der Waals surface area (Å²) in [7, 11) is 1.79. The maximum Gasteiger partial charge on any atom is 0.227 e. The number of rotatable bonds is 12. The fourth-order valence-corrected chi connectivity index (χ4v) is 3.15. The fraction of sp³-hybridized carbons (Fsp3) is 0.615. The van der Waals surface area contributed by atoms with Crippen LogP contribution in [0.3, 0.4) is 0 Å². The molecule has 0 amide bonds. The van der Waals surface area contributed by atoms with Gasteiger partial charge in [-0.25, -0.2) is 9.97 Å². The minimum Gasteiger partial charge on any atom is -0.383 e. The summed E-state index contributed by atoms with van der Waals surface area (Å²) in [5.74, 6) is 1.62. The van der Waals surface area contributed by atoms with Crippen molar-refractivity contribution in [2.75, 3.05) is 32.0 Å². The van der Waals surface area contributed by atoms with Crippen molar-refractivity contribution in [1.82, 2.24) is 20.2 Å². The highest BCUT2D eigenvalue weighted by molar-refractivity contribution is 5.78. The summed E-state index contributed by atoms with van der Waals surface area (Å²) in [5.41, 5.74) is 3.91. The third-order valence-electron chi connectivity index (χ3n) is 5.71. The summed E-state index contributed by atoms with van der Waals surface area (Å²) in [6, 6.07) is 0. The summed E-state index contributed by atoms with van der Waals surface area (Å²) in [6.07, 6.45) is 12.8. The van der Waals surface area contributed by atoms with Crippen LogP contribution in [0, 0.1) is 12.8 Å². The molecule has 0 fully saturated rings. The van der Waals surface area contributed by atoms with Gasteiger partial charge in [0.1, 0.15) is 5.78 Å². The molecule has 1 aliphatic rings. The van der Waals surface area contributed by atoms with Crippen molar-refractivity contribution < 1.29 is 4.79 Å². The molecule has 33 heavy (non-hydrogen) atoms. The molecule has 0 atom stereocenters. The number of likely N-dealkylation sites (N-methyl/N-ethyl adjacent to an activating group) is 1. The summed E-state index contributed by atoms with van der Waals surface area (Å²) in [4.78, 5) is 26.4. The molecule has 7 nitrogen and oxygen atoms in total. The molecule has 2 N–H and O–H groups in total. The summed E-state index contributed by atoms with van der Waals surface area (Å²) in [5, 5.41) is 6.77. The SMILES string of the molecule is CCC(C)CC.CCN(C=NC)CCNC1=CCCC(Nc2ncc(CC(C)=O)c(C)n2)=C1. The van der Waals surface area contributed by atoms with E-state index in [4.69, 9.17) is 0 Å². The first kappa shape index (κ1) is 28.3. The Labute approximate surface area is 200 Å². The molecular formula is C26H44N6O. The Hall–Kier alpha value is -2.70. The molecule has 1 aromatic heterocycles. The van der Waals surface area contributed by atoms with E-state index >= 15 is 0 Å². The van der Waals surface area contributed by atoms with E-state index in [2.05, 4.69) is 70.3 Å². The van der Waals surface area contributed by atoms with E-state index in [-0.39, 0.29) is 5.78 Å². The molecule has 0 spiro atoms. The standard InChI is InChI=1S/C20H30N6O.C6H14/c1-5-26(14-21-4)10-9-22-18-7-6-8-19(12-18)25-20-23-13-17(11-15(2)27)16(3)24-20;1-4-6(3)5-2/h7,12-14,22H,5-6,8-11H2,1-4H3,(H,23,24,25);6H,4-5H2,1-3H3. The highest BCUT2D eigenvalue weighted by Crippen LogP contribution is 2.18. The molecule has 1 aromatic rings. The molecule has 0 unspecified atom stereocenters. The van der Waals surface area contributed by atoms with E-state index in [9.17, 15) is 4.79 Å². The van der Waals surface area contributed by atoms with Gasteiger partial charge in [-0.1, -0.05) is 39.7 Å². The third-order valence-corrected chi connectivity index (χ3v) is 5.71. The van der Waals surface area contributed by atoms with E-state index in [1.165, 1.54) is 12.8 Å². The van der Waals surface area contributed by atoms with Gasteiger partial charge < -0.3 is 15.5 Å². The van der Waals surface area contributed by atoms with Crippen molar-refractivity contribution >= 4 is 18.1 Å². The van der Waals surface area contributed by atoms with Gasteiger partial charge in [-0.3, -0.25) is 9.79 Å². The zero-order valence-corrected chi connectivity index (χ0v) is 21.7. The number of ketones is 1. The lowest BCUT2D eigenvalue weighted by molar-refractivity contribution is -0.116. The van der Waals surface area contributed by atoms with Crippen LogP contribution in [0.5, 0.6) is 0 Å². The Morgan fingerprint density at radius 1 is 1.30 bits per heavy atom. The quantitative estimate of drug-likeness (QED) is 0.344. The number of nitrogens with zero attached hydrogens (tertiary/aromatic N) is 4. The minimum atomic E-state index is 0.116. The first-order valence-electron chi connectivity index (χ1n) is 12.2. The van der Waals surface area contributed by atoms with Gasteiger partial charge in [-0.2, -0.15) is 0 Å². The van der Waals surface area contributed by atoms with Crippen LogP contribution in [0.25, 0.3) is 0 Å². The number of nitrogens with one attached hydrogen (secondary N) is 2. The van der Waals surface area contributed by atoms with Gasteiger partial charge in [0, 0.05) is 56.4 Å². The zero-order chi connectivity index (χ0) is 24.6. The van der Waals surface area contributed by atoms with Crippen LogP contribution in [-0.4, -0.2) is 53.7 Å². The van der Waals surface area contributed by atoms with E-state index < -0.39 is 0 Å². The molecule has 2 rings (SSSR count). The Morgan fingerprint density at radius 3 is 2.58 bits per heavy atom. The zero-order valence-electron chi connectivity index (χ0n) is 21.7. The lowest BCUT2D eigenvalue weighted by atomic mass is 10.1. The van der Waals surface area contributed by atoms with Crippen molar-refractivity contribution in [1.29, 1.82) is 0 Å². The van der Waals surface area contributed by atoms with E-state index in [0.717, 1.165) is 61.0 Å². The Morgan fingerprint density at radius 2 is 2.03 bits per heavy atom. The van der Waals surface area contributed by atoms with Crippen molar-refractivity contribution in [3.63, 3.8) is 0 Å². The molecule has 1 aliphatic carbocycles. The number of hydrogen-bond acceptors (Lipinski definition) is 6. The second-order valence-corrected chi connectivity index (χ2v) is 8.53. The predicted molar refractivity (Wildman–Crippen MR) is 140 cm³/mol. The molecule has 0 aliphatic heterocycles. The first-order valence-corrected chi connectivity index (χ1v) is 12.2. The van der Waals surface area contributed by atoms with Crippen molar-refractivity contribution in [2.24, 2.45) is 10.9 Å². The molecule has 1 heterocycles. The maximum atomic E-state index is 11.3. The summed E-state index contributed by atoms with van der Waals surface area (Å²) in [6.45, 7) is 15.0. The normalized spacial score (nSPS) is 13.2. The molecule has 0 radical (unpaired) electrons. The van der Waals surface area contributed by atoms with Gasteiger partial charge in [0.25, 0.3) is 0 Å². The molecule has 7 heteroatoms. The Kier molecular flexibility index (Phi) is 13.7. The Bertz CT molecular complexity index is 811. The highest BCUT2D eigenvalue weighted by atomic mass is 16.1. The first-order chi connectivity index (χ1) is 15.8. The third kappa shape index (κ3) is 11.6. The monoisotopic (exact) mass is 456 g/mol. The van der Waals surface area contributed by atoms with Crippen LogP contribution < -0.4 is 10.6 Å². The average Bonchev–Trinajstić information content (AvgIpc) is 2.80. The molecule has 0 saturated carbocycles. The predicted octanol–water partition coefficient (Wildman–Crippen LogP) is 4.90. The van der Waals surface area contributed by atoms with Crippen molar-refractivity contribution in [2.45, 2.75) is 73.6 Å². The van der Waals surface area contributed by atoms with E-state index in [1.54, 1.807) is 20.2 Å². The van der Waals surface area contributed by atoms with Gasteiger partial charge in [0.05, 0.1) is 6.34 Å². The highest BCUT2D eigenvalue weighted by Gasteiger charge is 2.10. The van der Waals surface area contributed by atoms with Gasteiger partial charge in [0.15, 0.2) is 0 Å². The summed E-state index contributed by atoms with van der Waals surface area (Å²) >= 11 is 0. The number of Topliss-reactive ketones (excluding diaryl/α,β-unsaturated/α-hetero) is 1. The van der Waals surface area contributed by atoms with Crippen LogP contribution in [0.15, 0.2) is 34.7 Å². The minimum absolute atomic E-state index is 0.116. The van der Waals surface area contributed by atoms with Crippen molar-refractivity contribution in [3.05, 3.63) is 41.0 Å². The second kappa shape index (κ2) is 16.0. The molecule has 0 saturated heterocycles. The smallest absolute Gasteiger partial charge is 0.227 e. The topological polar surface area (TPSA) is 82.5 Å². The number of aliphatic imine (C=N–C) groups is 1. The van der Waals surface area contributed by atoms with Gasteiger partial charge in [-0.15, -0.1) is 0 Å². The largest absolute Gasteiger partial charge is 0.383 e. The maximum absolute atomic E-state index is 11.3. The van der Waals surface area contributed by atoms with Crippen LogP contribution in [0.4, 0.5) is 5.95 Å². The number of carbonyl (C=O) groups excluding carboxylic acids is 1. The summed E-state index contributed by atoms with van der Waals surface area (Å²) < 4.78 is 0. The van der Waals surface area contributed by atoms with Gasteiger partial charge in [-0.05, 0) is 51.2 Å². The number of anilines is 1. The second-order valence-electron chi connectivity index (χ2n) is 8.53. The fourth-order valence-electron chi connectivity index (χ4n) is 3.15. The number of allylic oxidation sites excluding steroid dienone is 3. The van der Waals surface area contributed by atoms with Gasteiger partial charge in [0.2, 0.25) is 5.95 Å². The number of hydrogen-bond donors (Lipinski definition) is 2. The van der Waals surface area contributed by atoms with E-state index in [1.807, 2.05) is 13.3 Å². The number of aryl methyl sites for hydroxylation is 1. The van der Waals surface area contributed by atoms with Gasteiger partial charge >= 0.3 is 0 Å². The van der Waals surface area contributed by atoms with Crippen LogP contribution >= 0.6 is 0 Å². The number of carbonyl (C=O) groups is 1. The molecule has 0 aromatic carbocycles. The van der Waals surface area contributed by atoms with E-state index in [0.29, 0.717) is 12.4 Å². The van der Waals surface area contributed by atoms with Crippen LogP contribution in [-0.2, 0) is 11.2 Å². The molecule has 184 valence electrons. The molecular weight excluding hydrogens is 412 g/mol. The Balaban J connectivity index is 0.000000801. The molecule has 0 bridgehead atoms. The number of aromatic nitrogens is 2. The lowest BCUT2D eigenvalue weighted by Crippen LogP contribution is -2.31. The average molecular weight is 457 g/mol.